The maximum atomic E-state index is 11.3. The first kappa shape index (κ1) is 15.7. The van der Waals surface area contributed by atoms with Crippen LogP contribution in [0.1, 0.15) is 29.4 Å². The molecule has 0 radical (unpaired) electrons. The van der Waals surface area contributed by atoms with Gasteiger partial charge in [-0.05, 0) is 12.1 Å². The third kappa shape index (κ3) is 5.05. The zero-order valence-corrected chi connectivity index (χ0v) is 13.4. The molecule has 0 fully saturated rings. The first-order chi connectivity index (χ1) is 8.70. The molecule has 102 valence electrons. The van der Waals surface area contributed by atoms with E-state index < -0.39 is 8.07 Å². The smallest absolute Gasteiger partial charge is 0.178 e. The number of aromatic hydroxyl groups is 1. The minimum absolute atomic E-state index is 0.0813. The molecule has 3 nitrogen and oxygen atoms in total. The summed E-state index contributed by atoms with van der Waals surface area (Å²) in [7, 11) is -1.11. The number of aromatic nitrogens is 1. The number of pyridine rings is 1. The lowest BCUT2D eigenvalue weighted by atomic mass is 10.2. The van der Waals surface area contributed by atoms with Crippen LogP contribution in [0, 0.1) is 11.8 Å². The van der Waals surface area contributed by atoms with E-state index in [0.29, 0.717) is 5.56 Å². The molecular formula is C14H18ClNO2Si. The van der Waals surface area contributed by atoms with Crippen LogP contribution in [0.4, 0.5) is 0 Å². The molecule has 0 atom stereocenters. The van der Waals surface area contributed by atoms with Crippen LogP contribution in [-0.4, -0.2) is 23.9 Å². The number of Topliss-reactive ketones (excluding diaryl/α,β-unsaturated/α-hetero) is 1. The highest BCUT2D eigenvalue weighted by Gasteiger charge is 2.12. The SMILES string of the molecule is CC(=O)c1cc(C#CCC[Si](C)(C)C)c(O)c(Cl)n1. The summed E-state index contributed by atoms with van der Waals surface area (Å²) in [6.07, 6.45) is 0.782. The van der Waals surface area contributed by atoms with E-state index in [1.54, 1.807) is 0 Å². The fraction of sp³-hybridized carbons (Fsp3) is 0.429. The Morgan fingerprint density at radius 1 is 1.47 bits per heavy atom. The van der Waals surface area contributed by atoms with E-state index in [4.69, 9.17) is 11.6 Å². The Hall–Kier alpha value is -1.31. The van der Waals surface area contributed by atoms with Gasteiger partial charge in [-0.1, -0.05) is 43.1 Å². The predicted molar refractivity (Wildman–Crippen MR) is 80.6 cm³/mol. The number of carbonyl (C=O) groups excluding carboxylic acids is 1. The van der Waals surface area contributed by atoms with Gasteiger partial charge in [0.1, 0.15) is 5.69 Å². The summed E-state index contributed by atoms with van der Waals surface area (Å²) in [6.45, 7) is 8.24. The topological polar surface area (TPSA) is 50.2 Å². The van der Waals surface area contributed by atoms with Crippen molar-refractivity contribution in [1.82, 2.24) is 4.98 Å². The van der Waals surface area contributed by atoms with Gasteiger partial charge < -0.3 is 5.11 Å². The van der Waals surface area contributed by atoms with Gasteiger partial charge in [0.25, 0.3) is 0 Å². The average Bonchev–Trinajstić information content (AvgIpc) is 2.27. The minimum atomic E-state index is -1.11. The molecule has 0 unspecified atom stereocenters. The second-order valence-corrected chi connectivity index (χ2v) is 11.6. The summed E-state index contributed by atoms with van der Waals surface area (Å²) in [6, 6.07) is 2.57. The molecule has 0 aliphatic rings. The minimum Gasteiger partial charge on any atom is -0.504 e. The standard InChI is InChI=1S/C14H18ClNO2Si/c1-10(17)12-9-11(13(18)14(15)16-12)7-5-6-8-19(2,3)4/h9,18H,6,8H2,1-4H3. The molecule has 1 aromatic heterocycles. The van der Waals surface area contributed by atoms with Crippen molar-refractivity contribution >= 4 is 25.5 Å². The van der Waals surface area contributed by atoms with Gasteiger partial charge in [0.05, 0.1) is 5.56 Å². The Bertz CT molecular complexity index is 553. The van der Waals surface area contributed by atoms with Crippen molar-refractivity contribution in [1.29, 1.82) is 0 Å². The lowest BCUT2D eigenvalue weighted by molar-refractivity contribution is 0.101. The highest BCUT2D eigenvalue weighted by Crippen LogP contribution is 2.25. The number of ketones is 1. The summed E-state index contributed by atoms with van der Waals surface area (Å²) in [5.41, 5.74) is 0.582. The molecule has 0 aliphatic carbocycles. The van der Waals surface area contributed by atoms with Crippen molar-refractivity contribution in [2.75, 3.05) is 0 Å². The second kappa shape index (κ2) is 6.22. The molecule has 1 heterocycles. The number of hydrogen-bond acceptors (Lipinski definition) is 3. The van der Waals surface area contributed by atoms with E-state index in [1.165, 1.54) is 13.0 Å². The van der Waals surface area contributed by atoms with Gasteiger partial charge in [0, 0.05) is 21.4 Å². The quantitative estimate of drug-likeness (QED) is 0.400. The number of hydrogen-bond donors (Lipinski definition) is 1. The summed E-state index contributed by atoms with van der Waals surface area (Å²) in [5, 5.41) is 9.68. The van der Waals surface area contributed by atoms with Gasteiger partial charge in [-0.3, -0.25) is 4.79 Å². The number of nitrogens with zero attached hydrogens (tertiary/aromatic N) is 1. The van der Waals surface area contributed by atoms with Crippen LogP contribution in [0.3, 0.4) is 0 Å². The second-order valence-electron chi connectivity index (χ2n) is 5.61. The van der Waals surface area contributed by atoms with Gasteiger partial charge in [0.15, 0.2) is 16.7 Å². The highest BCUT2D eigenvalue weighted by atomic mass is 35.5. The molecule has 0 aliphatic heterocycles. The van der Waals surface area contributed by atoms with Crippen molar-refractivity contribution in [3.8, 4) is 17.6 Å². The average molecular weight is 296 g/mol. The Morgan fingerprint density at radius 3 is 2.63 bits per heavy atom. The maximum Gasteiger partial charge on any atom is 0.178 e. The normalized spacial score (nSPS) is 10.8. The van der Waals surface area contributed by atoms with Crippen molar-refractivity contribution in [3.63, 3.8) is 0 Å². The molecule has 0 saturated carbocycles. The van der Waals surface area contributed by atoms with Crippen molar-refractivity contribution in [2.45, 2.75) is 39.0 Å². The van der Waals surface area contributed by atoms with Crippen LogP contribution in [0.15, 0.2) is 6.07 Å². The predicted octanol–water partition coefficient (Wildman–Crippen LogP) is 3.72. The Balaban J connectivity index is 2.95. The zero-order valence-electron chi connectivity index (χ0n) is 11.7. The fourth-order valence-electron chi connectivity index (χ4n) is 1.38. The van der Waals surface area contributed by atoms with Crippen LogP contribution in [-0.2, 0) is 0 Å². The number of rotatable bonds is 3. The van der Waals surface area contributed by atoms with Crippen molar-refractivity contribution < 1.29 is 9.90 Å². The van der Waals surface area contributed by atoms with Crippen LogP contribution in [0.5, 0.6) is 5.75 Å². The van der Waals surface area contributed by atoms with Crippen molar-refractivity contribution in [3.05, 3.63) is 22.5 Å². The first-order valence-corrected chi connectivity index (χ1v) is 10.2. The fourth-order valence-corrected chi connectivity index (χ4v) is 2.45. The molecular weight excluding hydrogens is 278 g/mol. The lowest BCUT2D eigenvalue weighted by Gasteiger charge is -2.12. The molecule has 1 aromatic rings. The van der Waals surface area contributed by atoms with Gasteiger partial charge in [-0.2, -0.15) is 0 Å². The monoisotopic (exact) mass is 295 g/mol. The molecule has 1 rings (SSSR count). The Morgan fingerprint density at radius 2 is 2.11 bits per heavy atom. The molecule has 5 heteroatoms. The lowest BCUT2D eigenvalue weighted by Crippen LogP contribution is -2.18. The van der Waals surface area contributed by atoms with Crippen LogP contribution < -0.4 is 0 Å². The third-order valence-corrected chi connectivity index (χ3v) is 4.55. The maximum absolute atomic E-state index is 11.3. The zero-order chi connectivity index (χ0) is 14.6. The van der Waals surface area contributed by atoms with E-state index in [9.17, 15) is 9.90 Å². The highest BCUT2D eigenvalue weighted by molar-refractivity contribution is 6.76. The van der Waals surface area contributed by atoms with Crippen LogP contribution in [0.25, 0.3) is 0 Å². The number of halogens is 1. The van der Waals surface area contributed by atoms with E-state index in [1.807, 2.05) is 0 Å². The van der Waals surface area contributed by atoms with E-state index in [-0.39, 0.29) is 22.4 Å². The van der Waals surface area contributed by atoms with Gasteiger partial charge in [-0.15, -0.1) is 0 Å². The van der Waals surface area contributed by atoms with Crippen molar-refractivity contribution in [2.24, 2.45) is 0 Å². The van der Waals surface area contributed by atoms with Crippen LogP contribution in [0.2, 0.25) is 30.8 Å². The van der Waals surface area contributed by atoms with Gasteiger partial charge in [0.2, 0.25) is 0 Å². The molecule has 19 heavy (non-hydrogen) atoms. The molecule has 0 spiro atoms. The van der Waals surface area contributed by atoms with Gasteiger partial charge in [-0.25, -0.2) is 4.98 Å². The molecule has 0 amide bonds. The third-order valence-electron chi connectivity index (χ3n) is 2.53. The Labute approximate surface area is 120 Å². The summed E-state index contributed by atoms with van der Waals surface area (Å²) in [5.74, 6) is 5.52. The summed E-state index contributed by atoms with van der Waals surface area (Å²) < 4.78 is 0. The van der Waals surface area contributed by atoms with E-state index in [2.05, 4.69) is 36.5 Å². The molecule has 0 saturated heterocycles. The largest absolute Gasteiger partial charge is 0.504 e. The van der Waals surface area contributed by atoms with E-state index >= 15 is 0 Å². The number of carbonyl (C=O) groups is 1. The van der Waals surface area contributed by atoms with Gasteiger partial charge >= 0.3 is 0 Å². The molecule has 0 bridgehead atoms. The summed E-state index contributed by atoms with van der Waals surface area (Å²) >= 11 is 5.77. The summed E-state index contributed by atoms with van der Waals surface area (Å²) in [4.78, 5) is 15.1. The Kier molecular flexibility index (Phi) is 5.16. The van der Waals surface area contributed by atoms with Crippen LogP contribution >= 0.6 is 11.6 Å². The van der Waals surface area contributed by atoms with E-state index in [0.717, 1.165) is 12.5 Å². The molecule has 0 aromatic carbocycles. The molecule has 1 N–H and O–H groups in total. The first-order valence-electron chi connectivity index (χ1n) is 6.10.